The normalized spacial score (nSPS) is 23.1. The van der Waals surface area contributed by atoms with Crippen molar-refractivity contribution < 1.29 is 0 Å². The molecule has 1 aliphatic carbocycles. The van der Waals surface area contributed by atoms with Crippen LogP contribution in [0, 0.1) is 18.8 Å². The minimum Gasteiger partial charge on any atom is -0.241 e. The summed E-state index contributed by atoms with van der Waals surface area (Å²) in [6.45, 7) is 8.98. The molecule has 1 aliphatic rings. The van der Waals surface area contributed by atoms with Gasteiger partial charge < -0.3 is 0 Å². The first-order chi connectivity index (χ1) is 10.0. The van der Waals surface area contributed by atoms with Gasteiger partial charge in [0.25, 0.3) is 0 Å². The Kier molecular flexibility index (Phi) is 4.30. The number of rotatable bonds is 3. The van der Waals surface area contributed by atoms with Gasteiger partial charge in [-0.25, -0.2) is 4.98 Å². The van der Waals surface area contributed by atoms with Crippen LogP contribution >= 0.6 is 11.5 Å². The largest absolute Gasteiger partial charge is 0.241 e. The van der Waals surface area contributed by atoms with Crippen molar-refractivity contribution in [1.29, 1.82) is 0 Å². The number of aryl methyl sites for hydroxylation is 1. The predicted octanol–water partition coefficient (Wildman–Crippen LogP) is 5.49. The maximum Gasteiger partial charge on any atom is 0.144 e. The molecule has 114 valence electrons. The molecule has 1 fully saturated rings. The summed E-state index contributed by atoms with van der Waals surface area (Å²) in [4.78, 5) is 5.84. The number of nitrogens with zero attached hydrogens (tertiary/aromatic N) is 2. The van der Waals surface area contributed by atoms with Crippen molar-refractivity contribution in [3.8, 4) is 0 Å². The van der Waals surface area contributed by atoms with E-state index < -0.39 is 0 Å². The average molecular weight is 302 g/mol. The van der Waals surface area contributed by atoms with Gasteiger partial charge in [-0.15, -0.1) is 0 Å². The lowest BCUT2D eigenvalue weighted by atomic mass is 9.79. The van der Waals surface area contributed by atoms with Crippen LogP contribution in [0.5, 0.6) is 0 Å². The fourth-order valence-corrected chi connectivity index (χ4v) is 4.59. The van der Waals surface area contributed by atoms with Gasteiger partial charge in [0.05, 0.1) is 5.69 Å². The third-order valence-electron chi connectivity index (χ3n) is 4.87. The first-order valence-electron chi connectivity index (χ1n) is 8.30. The SMILES string of the molecule is Cc1cc(C[C@H]2CC[C@H](C)CC2)c2c(C(C)C)nsc2n1. The summed E-state index contributed by atoms with van der Waals surface area (Å²) in [6.07, 6.45) is 6.79. The highest BCUT2D eigenvalue weighted by Crippen LogP contribution is 2.35. The Balaban J connectivity index is 1.94. The van der Waals surface area contributed by atoms with Crippen LogP contribution in [0.15, 0.2) is 6.07 Å². The highest BCUT2D eigenvalue weighted by Gasteiger charge is 2.22. The molecule has 0 saturated heterocycles. The summed E-state index contributed by atoms with van der Waals surface area (Å²) < 4.78 is 4.68. The molecule has 1 saturated carbocycles. The number of fused-ring (bicyclic) bond motifs is 1. The van der Waals surface area contributed by atoms with E-state index in [1.165, 1.54) is 48.7 Å². The molecule has 21 heavy (non-hydrogen) atoms. The molecule has 0 bridgehead atoms. The van der Waals surface area contributed by atoms with Gasteiger partial charge in [0.1, 0.15) is 4.83 Å². The van der Waals surface area contributed by atoms with Crippen molar-refractivity contribution in [3.63, 3.8) is 0 Å². The minimum absolute atomic E-state index is 0.480. The summed E-state index contributed by atoms with van der Waals surface area (Å²) in [5.74, 6) is 2.26. The Hall–Kier alpha value is -0.960. The Labute approximate surface area is 132 Å². The molecule has 0 N–H and O–H groups in total. The third kappa shape index (κ3) is 3.13. The number of aromatic nitrogens is 2. The molecule has 0 unspecified atom stereocenters. The molecule has 0 aliphatic heterocycles. The van der Waals surface area contributed by atoms with Gasteiger partial charge in [-0.1, -0.05) is 33.6 Å². The minimum atomic E-state index is 0.480. The van der Waals surface area contributed by atoms with Crippen LogP contribution in [-0.4, -0.2) is 9.36 Å². The lowest BCUT2D eigenvalue weighted by Crippen LogP contribution is -2.14. The van der Waals surface area contributed by atoms with E-state index in [0.717, 1.165) is 22.4 Å². The second-order valence-electron chi connectivity index (χ2n) is 7.16. The molecular weight excluding hydrogens is 276 g/mol. The molecule has 0 aromatic carbocycles. The average Bonchev–Trinajstić information content (AvgIpc) is 2.85. The van der Waals surface area contributed by atoms with Gasteiger partial charge in [-0.2, -0.15) is 4.37 Å². The van der Waals surface area contributed by atoms with Gasteiger partial charge in [0.2, 0.25) is 0 Å². The van der Waals surface area contributed by atoms with E-state index in [-0.39, 0.29) is 0 Å². The van der Waals surface area contributed by atoms with Crippen LogP contribution in [0.25, 0.3) is 10.2 Å². The van der Waals surface area contributed by atoms with Crippen molar-refractivity contribution in [3.05, 3.63) is 23.0 Å². The molecule has 3 heteroatoms. The monoisotopic (exact) mass is 302 g/mol. The highest BCUT2D eigenvalue weighted by molar-refractivity contribution is 7.13. The zero-order chi connectivity index (χ0) is 15.0. The van der Waals surface area contributed by atoms with E-state index in [9.17, 15) is 0 Å². The van der Waals surface area contributed by atoms with E-state index in [2.05, 4.69) is 38.1 Å². The molecule has 0 atom stereocenters. The molecular formula is C18H26N2S. The Morgan fingerprint density at radius 2 is 1.95 bits per heavy atom. The van der Waals surface area contributed by atoms with Crippen LogP contribution < -0.4 is 0 Å². The lowest BCUT2D eigenvalue weighted by molar-refractivity contribution is 0.289. The predicted molar refractivity (Wildman–Crippen MR) is 91.1 cm³/mol. The van der Waals surface area contributed by atoms with E-state index >= 15 is 0 Å². The number of hydrogen-bond donors (Lipinski definition) is 0. The Bertz CT molecular complexity index is 621. The van der Waals surface area contributed by atoms with Crippen molar-refractivity contribution in [1.82, 2.24) is 9.36 Å². The van der Waals surface area contributed by atoms with Crippen LogP contribution in [0.3, 0.4) is 0 Å². The fraction of sp³-hybridized carbons (Fsp3) is 0.667. The number of pyridine rings is 1. The second kappa shape index (κ2) is 6.04. The van der Waals surface area contributed by atoms with Crippen LogP contribution in [-0.2, 0) is 6.42 Å². The van der Waals surface area contributed by atoms with Crippen LogP contribution in [0.4, 0.5) is 0 Å². The zero-order valence-corrected chi connectivity index (χ0v) is 14.5. The summed E-state index contributed by atoms with van der Waals surface area (Å²) in [6, 6.07) is 2.31. The molecule has 0 amide bonds. The topological polar surface area (TPSA) is 25.8 Å². The first-order valence-corrected chi connectivity index (χ1v) is 9.07. The van der Waals surface area contributed by atoms with Crippen molar-refractivity contribution in [2.75, 3.05) is 0 Å². The fourth-order valence-electron chi connectivity index (χ4n) is 3.59. The quantitative estimate of drug-likeness (QED) is 0.749. The molecule has 0 radical (unpaired) electrons. The Morgan fingerprint density at radius 3 is 2.62 bits per heavy atom. The van der Waals surface area contributed by atoms with E-state index in [1.54, 1.807) is 11.5 Å². The molecule has 2 heterocycles. The summed E-state index contributed by atoms with van der Waals surface area (Å²) in [7, 11) is 0. The first kappa shape index (κ1) is 15.0. The van der Waals surface area contributed by atoms with Crippen LogP contribution in [0.1, 0.15) is 69.3 Å². The molecule has 2 aromatic heterocycles. The van der Waals surface area contributed by atoms with Gasteiger partial charge in [0, 0.05) is 11.1 Å². The van der Waals surface area contributed by atoms with E-state index in [1.807, 2.05) is 0 Å². The van der Waals surface area contributed by atoms with Gasteiger partial charge >= 0.3 is 0 Å². The summed E-state index contributed by atoms with van der Waals surface area (Å²) in [5.41, 5.74) is 3.89. The lowest BCUT2D eigenvalue weighted by Gasteiger charge is -2.26. The van der Waals surface area contributed by atoms with Crippen molar-refractivity contribution in [2.45, 2.75) is 65.7 Å². The smallest absolute Gasteiger partial charge is 0.144 e. The highest BCUT2D eigenvalue weighted by atomic mass is 32.1. The number of hydrogen-bond acceptors (Lipinski definition) is 3. The zero-order valence-electron chi connectivity index (χ0n) is 13.6. The molecule has 2 aromatic rings. The Morgan fingerprint density at radius 1 is 1.24 bits per heavy atom. The molecule has 3 rings (SSSR count). The third-order valence-corrected chi connectivity index (χ3v) is 5.63. The molecule has 2 nitrogen and oxygen atoms in total. The summed E-state index contributed by atoms with van der Waals surface area (Å²) in [5, 5.41) is 1.36. The van der Waals surface area contributed by atoms with Gasteiger partial charge in [-0.3, -0.25) is 0 Å². The maximum atomic E-state index is 4.70. The van der Waals surface area contributed by atoms with Crippen molar-refractivity contribution in [2.24, 2.45) is 11.8 Å². The molecule has 0 spiro atoms. The van der Waals surface area contributed by atoms with E-state index in [0.29, 0.717) is 5.92 Å². The second-order valence-corrected chi connectivity index (χ2v) is 7.91. The van der Waals surface area contributed by atoms with Gasteiger partial charge in [-0.05, 0) is 67.1 Å². The maximum absolute atomic E-state index is 4.70. The van der Waals surface area contributed by atoms with Gasteiger partial charge in [0.15, 0.2) is 0 Å². The van der Waals surface area contributed by atoms with Crippen molar-refractivity contribution >= 4 is 21.7 Å². The summed E-state index contributed by atoms with van der Waals surface area (Å²) >= 11 is 1.57. The van der Waals surface area contributed by atoms with E-state index in [4.69, 9.17) is 4.98 Å². The standard InChI is InChI=1S/C18H26N2S/c1-11(2)17-16-15(9-13(4)19-18(16)21-20-17)10-14-7-5-12(3)6-8-14/h9,11-12,14H,5-8,10H2,1-4H3/t12-,14-. The van der Waals surface area contributed by atoms with Crippen LogP contribution in [0.2, 0.25) is 0 Å².